The summed E-state index contributed by atoms with van der Waals surface area (Å²) in [4.78, 5) is 17.9. The second-order valence-corrected chi connectivity index (χ2v) is 5.07. The maximum Gasteiger partial charge on any atom is 0.413 e. The first-order valence-corrected chi connectivity index (χ1v) is 7.42. The average molecular weight is 328 g/mol. The van der Waals surface area contributed by atoms with E-state index in [1.165, 1.54) is 7.11 Å². The summed E-state index contributed by atoms with van der Waals surface area (Å²) in [6, 6.07) is 16.8. The summed E-state index contributed by atoms with van der Waals surface area (Å²) >= 11 is 0. The summed E-state index contributed by atoms with van der Waals surface area (Å²) in [6.07, 6.45) is -1.09. The van der Waals surface area contributed by atoms with Gasteiger partial charge in [0.15, 0.2) is 0 Å². The van der Waals surface area contributed by atoms with E-state index in [1.807, 2.05) is 43.3 Å². The Balaban J connectivity index is 2.12. The molecule has 0 saturated carbocycles. The van der Waals surface area contributed by atoms with E-state index in [1.54, 1.807) is 18.2 Å². The number of nitrogens with zero attached hydrogens (tertiary/aromatic N) is 2. The van der Waals surface area contributed by atoms with Crippen LogP contribution in [0, 0.1) is 0 Å². The predicted molar refractivity (Wildman–Crippen MR) is 92.3 cm³/mol. The number of rotatable bonds is 7. The van der Waals surface area contributed by atoms with Gasteiger partial charge in [-0.05, 0) is 18.6 Å². The first kappa shape index (κ1) is 17.5. The standard InChI is InChI=1S/C18H20N2O4/c1-14(15-8-4-3-5-9-15)19-24-12-16-10-6-7-11-17(16)20(13-23-2)18(21)22/h3-11H,12-13H2,1-2H3,(H,21,22)/b19-14-. The molecule has 0 bridgehead atoms. The Kier molecular flexibility index (Phi) is 6.33. The van der Waals surface area contributed by atoms with Crippen molar-refractivity contribution >= 4 is 17.5 Å². The lowest BCUT2D eigenvalue weighted by Gasteiger charge is -2.20. The van der Waals surface area contributed by atoms with E-state index in [0.29, 0.717) is 11.3 Å². The van der Waals surface area contributed by atoms with Crippen LogP contribution >= 0.6 is 0 Å². The van der Waals surface area contributed by atoms with Crippen molar-refractivity contribution in [2.75, 3.05) is 18.7 Å². The Morgan fingerprint density at radius 1 is 1.12 bits per heavy atom. The third-order valence-electron chi connectivity index (χ3n) is 3.38. The van der Waals surface area contributed by atoms with Crippen molar-refractivity contribution in [1.29, 1.82) is 0 Å². The van der Waals surface area contributed by atoms with Gasteiger partial charge in [-0.25, -0.2) is 4.79 Å². The van der Waals surface area contributed by atoms with Gasteiger partial charge in [-0.15, -0.1) is 0 Å². The minimum absolute atomic E-state index is 0.0569. The molecule has 0 aliphatic rings. The highest BCUT2D eigenvalue weighted by Crippen LogP contribution is 2.21. The molecule has 6 nitrogen and oxygen atoms in total. The van der Waals surface area contributed by atoms with E-state index in [-0.39, 0.29) is 13.3 Å². The van der Waals surface area contributed by atoms with Gasteiger partial charge in [0.2, 0.25) is 0 Å². The monoisotopic (exact) mass is 328 g/mol. The number of hydrogen-bond donors (Lipinski definition) is 1. The lowest BCUT2D eigenvalue weighted by Crippen LogP contribution is -2.32. The van der Waals surface area contributed by atoms with Gasteiger partial charge in [0.25, 0.3) is 0 Å². The molecule has 6 heteroatoms. The number of methoxy groups -OCH3 is 1. The van der Waals surface area contributed by atoms with Crippen LogP contribution in [0.1, 0.15) is 18.1 Å². The summed E-state index contributed by atoms with van der Waals surface area (Å²) in [7, 11) is 1.45. The number of carbonyl (C=O) groups is 1. The molecule has 1 N–H and O–H groups in total. The molecule has 126 valence electrons. The lowest BCUT2D eigenvalue weighted by atomic mass is 10.1. The molecule has 0 saturated heterocycles. The fraction of sp³-hybridized carbons (Fsp3) is 0.222. The highest BCUT2D eigenvalue weighted by atomic mass is 16.6. The van der Waals surface area contributed by atoms with E-state index in [2.05, 4.69) is 5.16 Å². The number of anilines is 1. The molecule has 0 fully saturated rings. The van der Waals surface area contributed by atoms with Crippen LogP contribution in [0.4, 0.5) is 10.5 Å². The zero-order chi connectivity index (χ0) is 17.4. The molecule has 2 aromatic carbocycles. The van der Waals surface area contributed by atoms with Crippen LogP contribution in [0.2, 0.25) is 0 Å². The zero-order valence-corrected chi connectivity index (χ0v) is 13.7. The zero-order valence-electron chi connectivity index (χ0n) is 13.7. The first-order chi connectivity index (χ1) is 11.6. The highest BCUT2D eigenvalue weighted by molar-refractivity contribution is 5.98. The molecule has 1 amide bonds. The maximum absolute atomic E-state index is 11.4. The van der Waals surface area contributed by atoms with Crippen molar-refractivity contribution in [2.24, 2.45) is 5.16 Å². The molecule has 0 atom stereocenters. The number of hydrogen-bond acceptors (Lipinski definition) is 4. The van der Waals surface area contributed by atoms with E-state index in [0.717, 1.165) is 16.2 Å². The average Bonchev–Trinajstić information content (AvgIpc) is 2.60. The van der Waals surface area contributed by atoms with Crippen LogP contribution in [0.3, 0.4) is 0 Å². The number of para-hydroxylation sites is 1. The molecule has 0 aromatic heterocycles. The molecule has 24 heavy (non-hydrogen) atoms. The van der Waals surface area contributed by atoms with Gasteiger partial charge in [0, 0.05) is 12.7 Å². The molecule has 0 unspecified atom stereocenters. The number of carboxylic acid groups (broad SMARTS) is 1. The van der Waals surface area contributed by atoms with Crippen molar-refractivity contribution in [3.8, 4) is 0 Å². The topological polar surface area (TPSA) is 71.4 Å². The number of oxime groups is 1. The molecular formula is C18H20N2O4. The number of benzene rings is 2. The largest absolute Gasteiger partial charge is 0.465 e. The van der Waals surface area contributed by atoms with Crippen molar-refractivity contribution in [1.82, 2.24) is 0 Å². The fourth-order valence-electron chi connectivity index (χ4n) is 2.18. The second kappa shape index (κ2) is 8.69. The van der Waals surface area contributed by atoms with Gasteiger partial charge in [0.05, 0.1) is 11.4 Å². The summed E-state index contributed by atoms with van der Waals surface area (Å²) in [5.41, 5.74) is 2.94. The van der Waals surface area contributed by atoms with Gasteiger partial charge >= 0.3 is 6.09 Å². The molecule has 2 aromatic rings. The fourth-order valence-corrected chi connectivity index (χ4v) is 2.18. The van der Waals surface area contributed by atoms with Crippen molar-refractivity contribution in [2.45, 2.75) is 13.5 Å². The molecular weight excluding hydrogens is 308 g/mol. The van der Waals surface area contributed by atoms with Crippen LogP contribution < -0.4 is 4.90 Å². The van der Waals surface area contributed by atoms with Gasteiger partial charge < -0.3 is 14.7 Å². The van der Waals surface area contributed by atoms with Crippen molar-refractivity contribution in [3.05, 3.63) is 65.7 Å². The normalized spacial score (nSPS) is 11.2. The molecule has 0 aliphatic heterocycles. The highest BCUT2D eigenvalue weighted by Gasteiger charge is 2.17. The van der Waals surface area contributed by atoms with E-state index in [9.17, 15) is 9.90 Å². The van der Waals surface area contributed by atoms with Gasteiger partial charge in [-0.2, -0.15) is 0 Å². The second-order valence-electron chi connectivity index (χ2n) is 5.07. The first-order valence-electron chi connectivity index (χ1n) is 7.42. The van der Waals surface area contributed by atoms with Crippen LogP contribution in [0.5, 0.6) is 0 Å². The van der Waals surface area contributed by atoms with Crippen LogP contribution in [0.15, 0.2) is 59.8 Å². The quantitative estimate of drug-likeness (QED) is 0.478. The van der Waals surface area contributed by atoms with Crippen LogP contribution in [-0.4, -0.2) is 30.8 Å². The summed E-state index contributed by atoms with van der Waals surface area (Å²) in [6.45, 7) is 1.96. The Morgan fingerprint density at radius 3 is 2.46 bits per heavy atom. The Morgan fingerprint density at radius 2 is 1.79 bits per heavy atom. The van der Waals surface area contributed by atoms with E-state index in [4.69, 9.17) is 9.57 Å². The summed E-state index contributed by atoms with van der Waals surface area (Å²) in [5, 5.41) is 13.4. The number of amides is 1. The van der Waals surface area contributed by atoms with Crippen molar-refractivity contribution in [3.63, 3.8) is 0 Å². The summed E-state index contributed by atoms with van der Waals surface area (Å²) in [5.74, 6) is 0. The SMILES string of the molecule is COCN(C(=O)O)c1ccccc1CO/N=C(/C)c1ccccc1. The van der Waals surface area contributed by atoms with Crippen molar-refractivity contribution < 1.29 is 19.5 Å². The Hall–Kier alpha value is -2.86. The molecule has 0 radical (unpaired) electrons. The Bertz CT molecular complexity index is 701. The predicted octanol–water partition coefficient (Wildman–Crippen LogP) is 3.72. The van der Waals surface area contributed by atoms with E-state index >= 15 is 0 Å². The third-order valence-corrected chi connectivity index (χ3v) is 3.38. The lowest BCUT2D eigenvalue weighted by molar-refractivity contribution is 0.130. The third kappa shape index (κ3) is 4.57. The molecule has 0 spiro atoms. The van der Waals surface area contributed by atoms with E-state index < -0.39 is 6.09 Å². The van der Waals surface area contributed by atoms with Gasteiger partial charge in [0.1, 0.15) is 13.3 Å². The summed E-state index contributed by atoms with van der Waals surface area (Å²) < 4.78 is 4.95. The van der Waals surface area contributed by atoms with Gasteiger partial charge in [-0.3, -0.25) is 4.90 Å². The van der Waals surface area contributed by atoms with Crippen LogP contribution in [-0.2, 0) is 16.2 Å². The molecule has 0 heterocycles. The minimum Gasteiger partial charge on any atom is -0.465 e. The molecule has 0 aliphatic carbocycles. The minimum atomic E-state index is -1.09. The molecule has 2 rings (SSSR count). The smallest absolute Gasteiger partial charge is 0.413 e. The van der Waals surface area contributed by atoms with Crippen LogP contribution in [0.25, 0.3) is 0 Å². The maximum atomic E-state index is 11.4. The Labute approximate surface area is 140 Å². The van der Waals surface area contributed by atoms with Gasteiger partial charge in [-0.1, -0.05) is 53.7 Å². The number of ether oxygens (including phenoxy) is 1.